The van der Waals surface area contributed by atoms with Crippen LogP contribution in [-0.2, 0) is 6.61 Å². The Labute approximate surface area is 122 Å². The lowest BCUT2D eigenvalue weighted by atomic mass is 10.2. The number of thiocarbonyl (C=S) groups is 1. The Bertz CT molecular complexity index is 631. The predicted octanol–water partition coefficient (Wildman–Crippen LogP) is 3.05. The van der Waals surface area contributed by atoms with Crippen molar-refractivity contribution in [3.05, 3.63) is 59.4 Å². The third kappa shape index (κ3) is 3.45. The Kier molecular flexibility index (Phi) is 4.53. The molecular formula is C15H14FNO2S. The molecular weight excluding hydrogens is 277 g/mol. The number of ether oxygens (including phenoxy) is 2. The number of benzene rings is 2. The van der Waals surface area contributed by atoms with E-state index in [0.717, 1.165) is 11.3 Å². The first-order chi connectivity index (χ1) is 9.60. The maximum absolute atomic E-state index is 13.7. The minimum Gasteiger partial charge on any atom is -0.497 e. The van der Waals surface area contributed by atoms with Gasteiger partial charge in [0.05, 0.1) is 7.11 Å². The van der Waals surface area contributed by atoms with Gasteiger partial charge in [0, 0.05) is 11.6 Å². The second-order valence-corrected chi connectivity index (χ2v) is 4.59. The van der Waals surface area contributed by atoms with Gasteiger partial charge in [0.1, 0.15) is 28.9 Å². The Morgan fingerprint density at radius 3 is 2.65 bits per heavy atom. The molecule has 0 radical (unpaired) electrons. The van der Waals surface area contributed by atoms with Crippen molar-refractivity contribution in [1.82, 2.24) is 0 Å². The number of halogens is 1. The maximum Gasteiger partial charge on any atom is 0.137 e. The second-order valence-electron chi connectivity index (χ2n) is 4.15. The lowest BCUT2D eigenvalue weighted by Gasteiger charge is -2.09. The third-order valence-corrected chi connectivity index (χ3v) is 2.97. The zero-order valence-corrected chi connectivity index (χ0v) is 11.7. The van der Waals surface area contributed by atoms with Crippen LogP contribution in [0.1, 0.15) is 11.1 Å². The molecule has 20 heavy (non-hydrogen) atoms. The Morgan fingerprint density at radius 1 is 1.20 bits per heavy atom. The first-order valence-corrected chi connectivity index (χ1v) is 6.36. The molecule has 104 valence electrons. The fourth-order valence-electron chi connectivity index (χ4n) is 1.71. The molecule has 2 N–H and O–H groups in total. The molecule has 0 fully saturated rings. The minimum absolute atomic E-state index is 0.0295. The largest absolute Gasteiger partial charge is 0.497 e. The van der Waals surface area contributed by atoms with Crippen molar-refractivity contribution in [1.29, 1.82) is 0 Å². The summed E-state index contributed by atoms with van der Waals surface area (Å²) in [4.78, 5) is 0.0295. The quantitative estimate of drug-likeness (QED) is 0.860. The van der Waals surface area contributed by atoms with Gasteiger partial charge in [-0.3, -0.25) is 0 Å². The number of nitrogens with two attached hydrogens (primary N) is 1. The highest BCUT2D eigenvalue weighted by Gasteiger charge is 2.07. The SMILES string of the molecule is COc1cccc(COc2ccc(C(N)=S)c(F)c2)c1. The van der Waals surface area contributed by atoms with Gasteiger partial charge in [-0.25, -0.2) is 4.39 Å². The molecule has 0 spiro atoms. The summed E-state index contributed by atoms with van der Waals surface area (Å²) >= 11 is 4.74. The van der Waals surface area contributed by atoms with Crippen LogP contribution in [0.5, 0.6) is 11.5 Å². The van der Waals surface area contributed by atoms with Gasteiger partial charge in [-0.2, -0.15) is 0 Å². The van der Waals surface area contributed by atoms with Gasteiger partial charge in [-0.1, -0.05) is 24.4 Å². The van der Waals surface area contributed by atoms with Crippen LogP contribution in [0.4, 0.5) is 4.39 Å². The van der Waals surface area contributed by atoms with E-state index in [9.17, 15) is 4.39 Å². The van der Waals surface area contributed by atoms with Crippen LogP contribution in [-0.4, -0.2) is 12.1 Å². The molecule has 0 aromatic heterocycles. The van der Waals surface area contributed by atoms with Crippen molar-refractivity contribution in [2.24, 2.45) is 5.73 Å². The molecule has 0 heterocycles. The molecule has 3 nitrogen and oxygen atoms in total. The molecule has 2 aromatic carbocycles. The molecule has 0 amide bonds. The van der Waals surface area contributed by atoms with Gasteiger partial charge in [-0.15, -0.1) is 0 Å². The third-order valence-electron chi connectivity index (χ3n) is 2.75. The smallest absolute Gasteiger partial charge is 0.137 e. The molecule has 0 aliphatic rings. The number of methoxy groups -OCH3 is 1. The van der Waals surface area contributed by atoms with E-state index >= 15 is 0 Å². The van der Waals surface area contributed by atoms with Crippen LogP contribution in [0, 0.1) is 5.82 Å². The average molecular weight is 291 g/mol. The van der Waals surface area contributed by atoms with E-state index in [-0.39, 0.29) is 10.6 Å². The van der Waals surface area contributed by atoms with Crippen molar-refractivity contribution in [3.8, 4) is 11.5 Å². The van der Waals surface area contributed by atoms with E-state index in [2.05, 4.69) is 0 Å². The monoisotopic (exact) mass is 291 g/mol. The van der Waals surface area contributed by atoms with E-state index < -0.39 is 5.82 Å². The van der Waals surface area contributed by atoms with Crippen LogP contribution < -0.4 is 15.2 Å². The van der Waals surface area contributed by atoms with Crippen LogP contribution >= 0.6 is 12.2 Å². The molecule has 0 bridgehead atoms. The zero-order valence-electron chi connectivity index (χ0n) is 10.9. The number of hydrogen-bond acceptors (Lipinski definition) is 3. The zero-order chi connectivity index (χ0) is 14.5. The molecule has 0 unspecified atom stereocenters. The van der Waals surface area contributed by atoms with Crippen molar-refractivity contribution >= 4 is 17.2 Å². The van der Waals surface area contributed by atoms with Crippen molar-refractivity contribution in [2.45, 2.75) is 6.61 Å². The number of hydrogen-bond donors (Lipinski definition) is 1. The molecule has 2 rings (SSSR count). The van der Waals surface area contributed by atoms with Gasteiger partial charge in [0.15, 0.2) is 0 Å². The first kappa shape index (κ1) is 14.3. The van der Waals surface area contributed by atoms with Crippen molar-refractivity contribution < 1.29 is 13.9 Å². The topological polar surface area (TPSA) is 44.5 Å². The van der Waals surface area contributed by atoms with Crippen LogP contribution in [0.25, 0.3) is 0 Å². The Morgan fingerprint density at radius 2 is 2.00 bits per heavy atom. The fourth-order valence-corrected chi connectivity index (χ4v) is 1.88. The minimum atomic E-state index is -0.486. The highest BCUT2D eigenvalue weighted by Crippen LogP contribution is 2.19. The summed E-state index contributed by atoms with van der Waals surface area (Å²) < 4.78 is 24.3. The second kappa shape index (κ2) is 6.34. The Balaban J connectivity index is 2.07. The summed E-state index contributed by atoms with van der Waals surface area (Å²) in [5.74, 6) is 0.687. The highest BCUT2D eigenvalue weighted by molar-refractivity contribution is 7.80. The lowest BCUT2D eigenvalue weighted by molar-refractivity contribution is 0.303. The predicted molar refractivity (Wildman–Crippen MR) is 79.6 cm³/mol. The molecule has 0 aliphatic carbocycles. The van der Waals surface area contributed by atoms with E-state index in [1.165, 1.54) is 12.1 Å². The average Bonchev–Trinajstić information content (AvgIpc) is 2.45. The van der Waals surface area contributed by atoms with E-state index in [1.54, 1.807) is 13.2 Å². The van der Waals surface area contributed by atoms with Crippen LogP contribution in [0.15, 0.2) is 42.5 Å². The summed E-state index contributed by atoms with van der Waals surface area (Å²) in [6.07, 6.45) is 0. The fraction of sp³-hybridized carbons (Fsp3) is 0.133. The Hall–Kier alpha value is -2.14. The van der Waals surface area contributed by atoms with Gasteiger partial charge in [0.25, 0.3) is 0 Å². The van der Waals surface area contributed by atoms with Crippen molar-refractivity contribution in [3.63, 3.8) is 0 Å². The van der Waals surface area contributed by atoms with Crippen LogP contribution in [0.2, 0.25) is 0 Å². The molecule has 5 heteroatoms. The van der Waals surface area contributed by atoms with Gasteiger partial charge >= 0.3 is 0 Å². The maximum atomic E-state index is 13.7. The van der Waals surface area contributed by atoms with Gasteiger partial charge in [0.2, 0.25) is 0 Å². The molecule has 2 aromatic rings. The highest BCUT2D eigenvalue weighted by atomic mass is 32.1. The molecule has 0 atom stereocenters. The summed E-state index contributed by atoms with van der Waals surface area (Å²) in [5, 5.41) is 0. The normalized spacial score (nSPS) is 10.1. The first-order valence-electron chi connectivity index (χ1n) is 5.95. The van der Waals surface area contributed by atoms with E-state index in [4.69, 9.17) is 27.4 Å². The number of rotatable bonds is 5. The summed E-state index contributed by atoms with van der Waals surface area (Å²) in [7, 11) is 1.60. The molecule has 0 saturated carbocycles. The van der Waals surface area contributed by atoms with Gasteiger partial charge < -0.3 is 15.2 Å². The van der Waals surface area contributed by atoms with Gasteiger partial charge in [-0.05, 0) is 29.8 Å². The summed E-state index contributed by atoms with van der Waals surface area (Å²) in [5.41, 5.74) is 6.55. The lowest BCUT2D eigenvalue weighted by Crippen LogP contribution is -2.11. The summed E-state index contributed by atoms with van der Waals surface area (Å²) in [6, 6.07) is 11.9. The van der Waals surface area contributed by atoms with E-state index in [1.807, 2.05) is 24.3 Å². The standard InChI is InChI=1S/C15H14FNO2S/c1-18-11-4-2-3-10(7-11)9-19-12-5-6-13(15(17)20)14(16)8-12/h2-8H,9H2,1H3,(H2,17,20). The molecule has 0 saturated heterocycles. The molecule has 0 aliphatic heterocycles. The van der Waals surface area contributed by atoms with Crippen molar-refractivity contribution in [2.75, 3.05) is 7.11 Å². The van der Waals surface area contributed by atoms with Crippen LogP contribution in [0.3, 0.4) is 0 Å². The van der Waals surface area contributed by atoms with E-state index in [0.29, 0.717) is 12.4 Å². The summed E-state index contributed by atoms with van der Waals surface area (Å²) in [6.45, 7) is 0.322.